The number of halogens is 1. The molecule has 0 amide bonds. The van der Waals surface area contributed by atoms with Gasteiger partial charge in [0.15, 0.2) is 0 Å². The van der Waals surface area contributed by atoms with Gasteiger partial charge in [0, 0.05) is 10.4 Å². The number of aliphatic hydroxyl groups is 1. The van der Waals surface area contributed by atoms with Crippen molar-refractivity contribution in [3.8, 4) is 0 Å². The van der Waals surface area contributed by atoms with Crippen LogP contribution in [0.5, 0.6) is 0 Å². The number of rotatable bonds is 5. The quantitative estimate of drug-likeness (QED) is 0.824. The van der Waals surface area contributed by atoms with E-state index in [0.717, 1.165) is 29.6 Å². The van der Waals surface area contributed by atoms with Gasteiger partial charge in [0.05, 0.1) is 0 Å². The molecule has 1 aromatic carbocycles. The lowest BCUT2D eigenvalue weighted by molar-refractivity contribution is 0.142. The Hall–Kier alpha value is -0.640. The topological polar surface area (TPSA) is 33.4 Å². The summed E-state index contributed by atoms with van der Waals surface area (Å²) >= 11 is 7.69. The first-order valence-electron chi connectivity index (χ1n) is 5.56. The van der Waals surface area contributed by atoms with Crippen molar-refractivity contribution in [1.82, 2.24) is 0 Å². The summed E-state index contributed by atoms with van der Waals surface area (Å²) in [6, 6.07) is 7.33. The fraction of sp³-hybridized carbons (Fsp3) is 0.385. The summed E-state index contributed by atoms with van der Waals surface area (Å²) < 4.78 is 5.60. The lowest BCUT2D eigenvalue weighted by Crippen LogP contribution is -1.95. The lowest BCUT2D eigenvalue weighted by Gasteiger charge is -2.05. The van der Waals surface area contributed by atoms with E-state index in [4.69, 9.17) is 16.0 Å². The van der Waals surface area contributed by atoms with Gasteiger partial charge < -0.3 is 9.52 Å². The minimum atomic E-state index is -0.520. The second-order valence-corrected chi connectivity index (χ2v) is 5.40. The number of fused-ring (bicyclic) bond motifs is 1. The lowest BCUT2D eigenvalue weighted by atomic mass is 10.1. The third-order valence-corrected chi connectivity index (χ3v) is 3.58. The van der Waals surface area contributed by atoms with Crippen LogP contribution in [0.15, 0.2) is 28.7 Å². The molecule has 2 rings (SSSR count). The molecule has 2 aromatic rings. The summed E-state index contributed by atoms with van der Waals surface area (Å²) in [6.07, 6.45) is 3.26. The monoisotopic (exact) mass is 270 g/mol. The normalized spacial score (nSPS) is 13.1. The Morgan fingerprint density at radius 3 is 3.00 bits per heavy atom. The van der Waals surface area contributed by atoms with Crippen LogP contribution in [0.1, 0.15) is 24.7 Å². The van der Waals surface area contributed by atoms with E-state index in [1.165, 1.54) is 0 Å². The van der Waals surface area contributed by atoms with Crippen molar-refractivity contribution in [2.45, 2.75) is 18.9 Å². The Morgan fingerprint density at radius 1 is 1.41 bits per heavy atom. The number of thioether (sulfide) groups is 1. The maximum atomic E-state index is 9.98. The number of aliphatic hydroxyl groups excluding tert-OH is 1. The third-order valence-electron chi connectivity index (χ3n) is 2.65. The van der Waals surface area contributed by atoms with Crippen LogP contribution in [0.4, 0.5) is 0 Å². The van der Waals surface area contributed by atoms with Gasteiger partial charge in [0.25, 0.3) is 0 Å². The largest absolute Gasteiger partial charge is 0.458 e. The molecule has 0 radical (unpaired) electrons. The minimum Gasteiger partial charge on any atom is -0.458 e. The van der Waals surface area contributed by atoms with Crippen molar-refractivity contribution >= 4 is 34.3 Å². The molecule has 0 aliphatic heterocycles. The molecule has 4 heteroatoms. The highest BCUT2D eigenvalue weighted by Gasteiger charge is 2.13. The van der Waals surface area contributed by atoms with Gasteiger partial charge in [-0.1, -0.05) is 11.6 Å². The first-order chi connectivity index (χ1) is 8.20. The highest BCUT2D eigenvalue weighted by Crippen LogP contribution is 2.28. The zero-order valence-electron chi connectivity index (χ0n) is 9.65. The Kier molecular flexibility index (Phi) is 4.37. The van der Waals surface area contributed by atoms with Crippen LogP contribution in [-0.2, 0) is 0 Å². The Labute approximate surface area is 110 Å². The maximum absolute atomic E-state index is 9.98. The Bertz CT molecular complexity index is 495. The number of hydrogen-bond acceptors (Lipinski definition) is 3. The van der Waals surface area contributed by atoms with Gasteiger partial charge in [0.1, 0.15) is 17.4 Å². The average Bonchev–Trinajstić information content (AvgIpc) is 2.72. The van der Waals surface area contributed by atoms with Crippen LogP contribution >= 0.6 is 23.4 Å². The van der Waals surface area contributed by atoms with Crippen molar-refractivity contribution in [2.24, 2.45) is 0 Å². The molecule has 0 saturated carbocycles. The molecule has 0 fully saturated rings. The summed E-state index contributed by atoms with van der Waals surface area (Å²) in [6.45, 7) is 0. The Morgan fingerprint density at radius 2 is 2.24 bits per heavy atom. The summed E-state index contributed by atoms with van der Waals surface area (Å²) in [5.74, 6) is 1.69. The van der Waals surface area contributed by atoms with Crippen LogP contribution in [0.3, 0.4) is 0 Å². The second kappa shape index (κ2) is 5.80. The van der Waals surface area contributed by atoms with Crippen LogP contribution < -0.4 is 0 Å². The molecule has 0 aliphatic carbocycles. The molecule has 1 heterocycles. The second-order valence-electron chi connectivity index (χ2n) is 3.98. The molecule has 1 atom stereocenters. The summed E-state index contributed by atoms with van der Waals surface area (Å²) in [7, 11) is 0. The van der Waals surface area contributed by atoms with Crippen molar-refractivity contribution in [2.75, 3.05) is 12.0 Å². The number of benzene rings is 1. The molecule has 0 aliphatic rings. The van der Waals surface area contributed by atoms with E-state index in [9.17, 15) is 5.11 Å². The zero-order valence-corrected chi connectivity index (χ0v) is 11.2. The van der Waals surface area contributed by atoms with Crippen LogP contribution in [0.25, 0.3) is 11.0 Å². The first kappa shape index (κ1) is 12.8. The van der Waals surface area contributed by atoms with Crippen LogP contribution in [0.2, 0.25) is 5.02 Å². The molecule has 0 spiro atoms. The van der Waals surface area contributed by atoms with Crippen molar-refractivity contribution < 1.29 is 9.52 Å². The van der Waals surface area contributed by atoms with E-state index in [0.29, 0.717) is 10.8 Å². The predicted octanol–water partition coefficient (Wildman–Crippen LogP) is 4.26. The van der Waals surface area contributed by atoms with Gasteiger partial charge in [-0.2, -0.15) is 11.8 Å². The van der Waals surface area contributed by atoms with Crippen molar-refractivity contribution in [3.63, 3.8) is 0 Å². The number of furan rings is 1. The van der Waals surface area contributed by atoms with E-state index < -0.39 is 6.10 Å². The molecule has 0 bridgehead atoms. The van der Waals surface area contributed by atoms with E-state index in [1.54, 1.807) is 17.8 Å². The fourth-order valence-electron chi connectivity index (χ4n) is 1.76. The maximum Gasteiger partial charge on any atom is 0.134 e. The van der Waals surface area contributed by atoms with E-state index in [2.05, 4.69) is 6.26 Å². The van der Waals surface area contributed by atoms with E-state index in [1.807, 2.05) is 18.2 Å². The predicted molar refractivity (Wildman–Crippen MR) is 73.8 cm³/mol. The molecular formula is C13H15ClO2S. The summed E-state index contributed by atoms with van der Waals surface area (Å²) in [5.41, 5.74) is 0.772. The minimum absolute atomic E-state index is 0.520. The molecule has 1 N–H and O–H groups in total. The fourth-order valence-corrected chi connectivity index (χ4v) is 2.40. The van der Waals surface area contributed by atoms with Gasteiger partial charge in [-0.25, -0.2) is 0 Å². The molecule has 1 aromatic heterocycles. The standard InChI is InChI=1S/C13H15ClO2S/c1-17-6-2-3-11(15)13-8-9-7-10(14)4-5-12(9)16-13/h4-5,7-8,11,15H,2-3,6H2,1H3. The molecule has 0 saturated heterocycles. The van der Waals surface area contributed by atoms with Crippen molar-refractivity contribution in [1.29, 1.82) is 0 Å². The SMILES string of the molecule is CSCCCC(O)c1cc2cc(Cl)ccc2o1. The first-order valence-corrected chi connectivity index (χ1v) is 7.34. The average molecular weight is 271 g/mol. The highest BCUT2D eigenvalue weighted by molar-refractivity contribution is 7.98. The molecule has 2 nitrogen and oxygen atoms in total. The summed E-state index contributed by atoms with van der Waals surface area (Å²) in [5, 5.41) is 11.6. The smallest absolute Gasteiger partial charge is 0.134 e. The molecule has 92 valence electrons. The Balaban J connectivity index is 2.12. The molecule has 17 heavy (non-hydrogen) atoms. The zero-order chi connectivity index (χ0) is 12.3. The van der Waals surface area contributed by atoms with Gasteiger partial charge >= 0.3 is 0 Å². The molecule has 1 unspecified atom stereocenters. The highest BCUT2D eigenvalue weighted by atomic mass is 35.5. The molecular weight excluding hydrogens is 256 g/mol. The van der Waals surface area contributed by atoms with Gasteiger partial charge in [0.2, 0.25) is 0 Å². The third kappa shape index (κ3) is 3.18. The van der Waals surface area contributed by atoms with Crippen LogP contribution in [-0.4, -0.2) is 17.1 Å². The van der Waals surface area contributed by atoms with Gasteiger partial charge in [-0.15, -0.1) is 0 Å². The summed E-state index contributed by atoms with van der Waals surface area (Å²) in [4.78, 5) is 0. The number of hydrogen-bond donors (Lipinski definition) is 1. The van der Waals surface area contributed by atoms with Gasteiger partial charge in [-0.05, 0) is 49.1 Å². The van der Waals surface area contributed by atoms with E-state index in [-0.39, 0.29) is 0 Å². The van der Waals surface area contributed by atoms with E-state index >= 15 is 0 Å². The van der Waals surface area contributed by atoms with Crippen molar-refractivity contribution in [3.05, 3.63) is 35.0 Å². The van der Waals surface area contributed by atoms with Crippen LogP contribution in [0, 0.1) is 0 Å². The van der Waals surface area contributed by atoms with Gasteiger partial charge in [-0.3, -0.25) is 0 Å².